The number of halogens is 3. The van der Waals surface area contributed by atoms with Crippen molar-refractivity contribution < 1.29 is 13.2 Å². The first-order chi connectivity index (χ1) is 8.60. The Balaban J connectivity index is 2.05. The van der Waals surface area contributed by atoms with Crippen molar-refractivity contribution in [3.63, 3.8) is 0 Å². The lowest BCUT2D eigenvalue weighted by Gasteiger charge is -2.29. The van der Waals surface area contributed by atoms with Gasteiger partial charge in [0.2, 0.25) is 0 Å². The number of nitrogens with one attached hydrogen (secondary N) is 1. The van der Waals surface area contributed by atoms with Gasteiger partial charge in [-0.15, -0.1) is 0 Å². The van der Waals surface area contributed by atoms with Crippen LogP contribution in [0.15, 0.2) is 12.1 Å². The molecule has 0 spiro atoms. The second kappa shape index (κ2) is 5.63. The maximum atomic E-state index is 13.1. The minimum Gasteiger partial charge on any atom is -0.382 e. The number of anilines is 1. The molecular formula is C14H18F3N. The first-order valence-electron chi connectivity index (χ1n) is 6.51. The molecule has 1 nitrogen and oxygen atoms in total. The summed E-state index contributed by atoms with van der Waals surface area (Å²) in [5, 5.41) is 3.11. The van der Waals surface area contributed by atoms with E-state index in [1.165, 1.54) is 6.42 Å². The Labute approximate surface area is 105 Å². The lowest BCUT2D eigenvalue weighted by atomic mass is 9.84. The van der Waals surface area contributed by atoms with Gasteiger partial charge in [-0.05, 0) is 18.8 Å². The Morgan fingerprint density at radius 3 is 2.44 bits per heavy atom. The van der Waals surface area contributed by atoms with Gasteiger partial charge in [0.25, 0.3) is 0 Å². The Bertz CT molecular complexity index is 396. The van der Waals surface area contributed by atoms with Crippen molar-refractivity contribution in [3.05, 3.63) is 29.6 Å². The zero-order valence-corrected chi connectivity index (χ0v) is 10.5. The fourth-order valence-corrected chi connectivity index (χ4v) is 2.67. The number of hydrogen-bond donors (Lipinski definition) is 1. The molecule has 4 heteroatoms. The summed E-state index contributed by atoms with van der Waals surface area (Å²) in [4.78, 5) is 0. The summed E-state index contributed by atoms with van der Waals surface area (Å²) in [5.74, 6) is -3.01. The molecule has 0 saturated heterocycles. The average Bonchev–Trinajstić information content (AvgIpc) is 2.36. The molecule has 0 bridgehead atoms. The van der Waals surface area contributed by atoms with Gasteiger partial charge in [0.05, 0.1) is 0 Å². The van der Waals surface area contributed by atoms with Crippen LogP contribution in [0.3, 0.4) is 0 Å². The Morgan fingerprint density at radius 1 is 1.17 bits per heavy atom. The van der Waals surface area contributed by atoms with Crippen LogP contribution in [-0.2, 0) is 0 Å². The molecule has 1 aromatic rings. The third kappa shape index (κ3) is 2.98. The molecule has 0 aliphatic heterocycles. The number of rotatable bonds is 3. The van der Waals surface area contributed by atoms with E-state index in [1.54, 1.807) is 0 Å². The van der Waals surface area contributed by atoms with E-state index in [2.05, 4.69) is 12.2 Å². The predicted octanol–water partition coefficient (Wildman–Crippen LogP) is 4.48. The van der Waals surface area contributed by atoms with Crippen molar-refractivity contribution in [2.75, 3.05) is 5.32 Å². The molecule has 0 amide bonds. The van der Waals surface area contributed by atoms with E-state index in [1.807, 2.05) is 0 Å². The van der Waals surface area contributed by atoms with E-state index in [0.717, 1.165) is 37.8 Å². The van der Waals surface area contributed by atoms with Gasteiger partial charge >= 0.3 is 0 Å². The van der Waals surface area contributed by atoms with Crippen molar-refractivity contribution in [1.29, 1.82) is 0 Å². The zero-order chi connectivity index (χ0) is 13.1. The topological polar surface area (TPSA) is 12.0 Å². The second-order valence-electron chi connectivity index (χ2n) is 5.04. The highest BCUT2D eigenvalue weighted by molar-refractivity contribution is 5.45. The highest BCUT2D eigenvalue weighted by Crippen LogP contribution is 2.29. The SMILES string of the molecule is CCC1CCCC(Nc2cc(F)c(F)c(F)c2)C1. The molecule has 1 aliphatic carbocycles. The van der Waals surface area contributed by atoms with Crippen LogP contribution in [0.25, 0.3) is 0 Å². The van der Waals surface area contributed by atoms with E-state index >= 15 is 0 Å². The molecule has 1 saturated carbocycles. The quantitative estimate of drug-likeness (QED) is 0.787. The molecule has 100 valence electrons. The number of hydrogen-bond acceptors (Lipinski definition) is 1. The van der Waals surface area contributed by atoms with E-state index in [9.17, 15) is 13.2 Å². The Kier molecular flexibility index (Phi) is 4.15. The van der Waals surface area contributed by atoms with Crippen LogP contribution in [0.5, 0.6) is 0 Å². The van der Waals surface area contributed by atoms with Crippen molar-refractivity contribution in [3.8, 4) is 0 Å². The molecule has 1 aromatic carbocycles. The van der Waals surface area contributed by atoms with Crippen molar-refractivity contribution in [2.45, 2.75) is 45.1 Å². The fraction of sp³-hybridized carbons (Fsp3) is 0.571. The third-order valence-electron chi connectivity index (χ3n) is 3.71. The van der Waals surface area contributed by atoms with Crippen LogP contribution in [-0.4, -0.2) is 6.04 Å². The van der Waals surface area contributed by atoms with Crippen molar-refractivity contribution in [1.82, 2.24) is 0 Å². The largest absolute Gasteiger partial charge is 0.382 e. The van der Waals surface area contributed by atoms with Gasteiger partial charge in [0, 0.05) is 23.9 Å². The predicted molar refractivity (Wildman–Crippen MR) is 66.0 cm³/mol. The van der Waals surface area contributed by atoms with Gasteiger partial charge in [-0.25, -0.2) is 13.2 Å². The van der Waals surface area contributed by atoms with Gasteiger partial charge in [-0.2, -0.15) is 0 Å². The zero-order valence-electron chi connectivity index (χ0n) is 10.5. The third-order valence-corrected chi connectivity index (χ3v) is 3.71. The van der Waals surface area contributed by atoms with Gasteiger partial charge in [-0.3, -0.25) is 0 Å². The van der Waals surface area contributed by atoms with E-state index < -0.39 is 17.5 Å². The molecular weight excluding hydrogens is 239 g/mol. The smallest absolute Gasteiger partial charge is 0.194 e. The minimum absolute atomic E-state index is 0.230. The van der Waals surface area contributed by atoms with Crippen molar-refractivity contribution in [2.24, 2.45) is 5.92 Å². The summed E-state index contributed by atoms with van der Waals surface area (Å²) in [6.45, 7) is 2.16. The molecule has 0 aromatic heterocycles. The summed E-state index contributed by atoms with van der Waals surface area (Å²) in [7, 11) is 0. The van der Waals surface area contributed by atoms with Crippen LogP contribution >= 0.6 is 0 Å². The Morgan fingerprint density at radius 2 is 1.83 bits per heavy atom. The molecule has 1 aliphatic rings. The summed E-state index contributed by atoms with van der Waals surface area (Å²) in [5.41, 5.74) is 0.327. The molecule has 1 fully saturated rings. The lowest BCUT2D eigenvalue weighted by molar-refractivity contribution is 0.327. The summed E-state index contributed by atoms with van der Waals surface area (Å²) in [6.07, 6.45) is 5.49. The standard InChI is InChI=1S/C14H18F3N/c1-2-9-4-3-5-10(6-9)18-11-7-12(15)14(17)13(16)8-11/h7-10,18H,2-6H2,1H3. The maximum absolute atomic E-state index is 13.1. The van der Waals surface area contributed by atoms with Gasteiger partial charge in [-0.1, -0.05) is 26.2 Å². The van der Waals surface area contributed by atoms with Gasteiger partial charge in [0.15, 0.2) is 17.5 Å². The molecule has 18 heavy (non-hydrogen) atoms. The summed E-state index contributed by atoms with van der Waals surface area (Å²) >= 11 is 0. The molecule has 0 radical (unpaired) electrons. The summed E-state index contributed by atoms with van der Waals surface area (Å²) in [6, 6.07) is 2.27. The van der Waals surface area contributed by atoms with Crippen LogP contribution < -0.4 is 5.32 Å². The van der Waals surface area contributed by atoms with Crippen LogP contribution in [0.4, 0.5) is 18.9 Å². The molecule has 2 atom stereocenters. The molecule has 2 unspecified atom stereocenters. The first kappa shape index (κ1) is 13.2. The highest BCUT2D eigenvalue weighted by atomic mass is 19.2. The molecule has 2 rings (SSSR count). The van der Waals surface area contributed by atoms with Gasteiger partial charge in [0.1, 0.15) is 0 Å². The van der Waals surface area contributed by atoms with E-state index in [4.69, 9.17) is 0 Å². The Hall–Kier alpha value is -1.19. The van der Waals surface area contributed by atoms with Crippen LogP contribution in [0, 0.1) is 23.4 Å². The van der Waals surface area contributed by atoms with Crippen LogP contribution in [0.2, 0.25) is 0 Å². The van der Waals surface area contributed by atoms with E-state index in [-0.39, 0.29) is 6.04 Å². The minimum atomic E-state index is -1.41. The normalized spacial score (nSPS) is 24.0. The van der Waals surface area contributed by atoms with Crippen molar-refractivity contribution >= 4 is 5.69 Å². The van der Waals surface area contributed by atoms with Gasteiger partial charge < -0.3 is 5.32 Å². The first-order valence-corrected chi connectivity index (χ1v) is 6.51. The molecule has 1 N–H and O–H groups in total. The maximum Gasteiger partial charge on any atom is 0.194 e. The average molecular weight is 257 g/mol. The molecule has 0 heterocycles. The highest BCUT2D eigenvalue weighted by Gasteiger charge is 2.21. The lowest BCUT2D eigenvalue weighted by Crippen LogP contribution is -2.27. The monoisotopic (exact) mass is 257 g/mol. The second-order valence-corrected chi connectivity index (χ2v) is 5.04. The fourth-order valence-electron chi connectivity index (χ4n) is 2.67. The summed E-state index contributed by atoms with van der Waals surface area (Å²) < 4.78 is 39.0. The van der Waals surface area contributed by atoms with E-state index in [0.29, 0.717) is 11.6 Å². The number of benzene rings is 1. The van der Waals surface area contributed by atoms with Crippen LogP contribution in [0.1, 0.15) is 39.0 Å².